The molecule has 2 fully saturated rings. The van der Waals surface area contributed by atoms with E-state index in [0.29, 0.717) is 38.6 Å². The van der Waals surface area contributed by atoms with E-state index in [9.17, 15) is 13.2 Å². The second-order valence-electron chi connectivity index (χ2n) is 6.35. The van der Waals surface area contributed by atoms with Gasteiger partial charge in [0, 0.05) is 38.6 Å². The number of hydrogen-bond acceptors (Lipinski definition) is 4. The molecule has 2 aliphatic heterocycles. The molecule has 2 rings (SSSR count). The summed E-state index contributed by atoms with van der Waals surface area (Å²) in [6.45, 7) is 4.72. The summed E-state index contributed by atoms with van der Waals surface area (Å²) in [6, 6.07) is 0.527. The maximum atomic E-state index is 12.3. The van der Waals surface area contributed by atoms with Gasteiger partial charge in [0.15, 0.2) is 0 Å². The smallest absolute Gasteiger partial charge is 0.222 e. The Morgan fingerprint density at radius 1 is 1.09 bits per heavy atom. The molecule has 0 N–H and O–H groups in total. The Hall–Kier alpha value is -0.660. The first-order valence-corrected chi connectivity index (χ1v) is 10.0. The van der Waals surface area contributed by atoms with E-state index in [1.165, 1.54) is 23.6 Å². The van der Waals surface area contributed by atoms with E-state index < -0.39 is 10.0 Å². The summed E-state index contributed by atoms with van der Waals surface area (Å²) in [5.41, 5.74) is 0. The fraction of sp³-hybridized carbons (Fsp3) is 0.933. The van der Waals surface area contributed by atoms with Gasteiger partial charge in [0.2, 0.25) is 15.9 Å². The van der Waals surface area contributed by atoms with Gasteiger partial charge in [0.1, 0.15) is 0 Å². The Bertz CT molecular complexity index is 472. The number of likely N-dealkylation sites (tertiary alicyclic amines) is 1. The average Bonchev–Trinajstić information content (AvgIpc) is 2.54. The fourth-order valence-electron chi connectivity index (χ4n) is 3.36. The van der Waals surface area contributed by atoms with Gasteiger partial charge in [0.05, 0.1) is 5.75 Å². The predicted octanol–water partition coefficient (Wildman–Crippen LogP) is 0.745. The van der Waals surface area contributed by atoms with Crippen molar-refractivity contribution < 1.29 is 13.2 Å². The minimum Gasteiger partial charge on any atom is -0.340 e. The zero-order valence-electron chi connectivity index (χ0n) is 13.8. The zero-order valence-corrected chi connectivity index (χ0v) is 14.6. The summed E-state index contributed by atoms with van der Waals surface area (Å²) in [7, 11) is -0.977. The van der Waals surface area contributed by atoms with Crippen LogP contribution in [0.3, 0.4) is 0 Å². The second kappa shape index (κ2) is 7.75. The van der Waals surface area contributed by atoms with E-state index >= 15 is 0 Å². The van der Waals surface area contributed by atoms with Crippen molar-refractivity contribution in [3.8, 4) is 0 Å². The normalized spacial score (nSPS) is 25.4. The van der Waals surface area contributed by atoms with Gasteiger partial charge >= 0.3 is 0 Å². The highest BCUT2D eigenvalue weighted by molar-refractivity contribution is 7.89. The number of sulfonamides is 1. The minimum atomic E-state index is -3.12. The first-order chi connectivity index (χ1) is 10.4. The summed E-state index contributed by atoms with van der Waals surface area (Å²) in [4.78, 5) is 16.5. The first-order valence-electron chi connectivity index (χ1n) is 8.40. The van der Waals surface area contributed by atoms with E-state index in [1.807, 2.05) is 4.90 Å². The molecule has 0 aromatic heterocycles. The van der Waals surface area contributed by atoms with Gasteiger partial charge in [-0.2, -0.15) is 4.31 Å². The minimum absolute atomic E-state index is 0.134. The number of piperazine rings is 1. The maximum absolute atomic E-state index is 12.3. The molecule has 2 heterocycles. The standard InChI is InChI=1S/C15H29N3O3S/c1-3-22(20,21)18-12-10-17(11-13-18)15(19)8-7-14-6-4-5-9-16(14)2/h14H,3-13H2,1-2H3/t14-/m1/s1. The van der Waals surface area contributed by atoms with Gasteiger partial charge in [-0.15, -0.1) is 0 Å². The summed E-state index contributed by atoms with van der Waals surface area (Å²) < 4.78 is 25.1. The number of carbonyl (C=O) groups is 1. The highest BCUT2D eigenvalue weighted by Gasteiger charge is 2.28. The molecular weight excluding hydrogens is 302 g/mol. The SMILES string of the molecule is CCS(=O)(=O)N1CCN(C(=O)CC[C@H]2CCCCN2C)CC1. The highest BCUT2D eigenvalue weighted by atomic mass is 32.2. The average molecular weight is 331 g/mol. The zero-order chi connectivity index (χ0) is 16.2. The number of hydrogen-bond donors (Lipinski definition) is 0. The van der Waals surface area contributed by atoms with Crippen molar-refractivity contribution >= 4 is 15.9 Å². The number of piperidine rings is 1. The monoisotopic (exact) mass is 331 g/mol. The number of rotatable bonds is 5. The van der Waals surface area contributed by atoms with E-state index in [-0.39, 0.29) is 11.7 Å². The molecule has 0 aliphatic carbocycles. The van der Waals surface area contributed by atoms with Crippen LogP contribution in [0.2, 0.25) is 0 Å². The van der Waals surface area contributed by atoms with Gasteiger partial charge in [-0.25, -0.2) is 8.42 Å². The molecule has 0 aromatic rings. The van der Waals surface area contributed by atoms with Gasteiger partial charge in [-0.1, -0.05) is 6.42 Å². The lowest BCUT2D eigenvalue weighted by Crippen LogP contribution is -2.51. The second-order valence-corrected chi connectivity index (χ2v) is 8.61. The first kappa shape index (κ1) is 17.7. The van der Waals surface area contributed by atoms with Gasteiger partial charge in [-0.3, -0.25) is 4.79 Å². The van der Waals surface area contributed by atoms with Crippen molar-refractivity contribution in [3.05, 3.63) is 0 Å². The molecule has 1 atom stereocenters. The Labute approximate surface area is 134 Å². The summed E-state index contributed by atoms with van der Waals surface area (Å²) in [6.07, 6.45) is 5.20. The Morgan fingerprint density at radius 2 is 1.77 bits per heavy atom. The summed E-state index contributed by atoms with van der Waals surface area (Å²) >= 11 is 0. The fourth-order valence-corrected chi connectivity index (χ4v) is 4.44. The van der Waals surface area contributed by atoms with Crippen LogP contribution in [0.5, 0.6) is 0 Å². The predicted molar refractivity (Wildman–Crippen MR) is 87.1 cm³/mol. The van der Waals surface area contributed by atoms with Crippen molar-refractivity contribution in [2.45, 2.75) is 45.1 Å². The summed E-state index contributed by atoms with van der Waals surface area (Å²) in [5.74, 6) is 0.308. The van der Waals surface area contributed by atoms with Crippen LogP contribution in [-0.2, 0) is 14.8 Å². The third-order valence-corrected chi connectivity index (χ3v) is 6.84. The van der Waals surface area contributed by atoms with Crippen molar-refractivity contribution in [1.29, 1.82) is 0 Å². The van der Waals surface area contributed by atoms with Crippen LogP contribution in [0.4, 0.5) is 0 Å². The van der Waals surface area contributed by atoms with Crippen LogP contribution in [0.1, 0.15) is 39.0 Å². The van der Waals surface area contributed by atoms with Crippen molar-refractivity contribution in [1.82, 2.24) is 14.1 Å². The molecule has 0 saturated carbocycles. The van der Waals surface area contributed by atoms with Crippen LogP contribution >= 0.6 is 0 Å². The van der Waals surface area contributed by atoms with Crippen LogP contribution in [0.15, 0.2) is 0 Å². The molecule has 0 bridgehead atoms. The Morgan fingerprint density at radius 3 is 2.36 bits per heavy atom. The maximum Gasteiger partial charge on any atom is 0.222 e. The quantitative estimate of drug-likeness (QED) is 0.746. The highest BCUT2D eigenvalue weighted by Crippen LogP contribution is 2.20. The molecule has 0 aromatic carbocycles. The van der Waals surface area contributed by atoms with Gasteiger partial charge in [0.25, 0.3) is 0 Å². The topological polar surface area (TPSA) is 60.9 Å². The molecule has 0 spiro atoms. The number of carbonyl (C=O) groups excluding carboxylic acids is 1. The van der Waals surface area contributed by atoms with Crippen LogP contribution < -0.4 is 0 Å². The number of amides is 1. The van der Waals surface area contributed by atoms with Crippen molar-refractivity contribution in [3.63, 3.8) is 0 Å². The Balaban J connectivity index is 1.75. The molecule has 128 valence electrons. The summed E-state index contributed by atoms with van der Waals surface area (Å²) in [5, 5.41) is 0. The number of nitrogens with zero attached hydrogens (tertiary/aromatic N) is 3. The van der Waals surface area contributed by atoms with Gasteiger partial charge < -0.3 is 9.80 Å². The molecule has 2 aliphatic rings. The van der Waals surface area contributed by atoms with Crippen molar-refractivity contribution in [2.24, 2.45) is 0 Å². The third kappa shape index (κ3) is 4.43. The van der Waals surface area contributed by atoms with Crippen LogP contribution in [-0.4, -0.2) is 80.0 Å². The van der Waals surface area contributed by atoms with E-state index in [1.54, 1.807) is 6.92 Å². The van der Waals surface area contributed by atoms with Crippen LogP contribution in [0, 0.1) is 0 Å². The van der Waals surface area contributed by atoms with Crippen LogP contribution in [0.25, 0.3) is 0 Å². The van der Waals surface area contributed by atoms with Gasteiger partial charge in [-0.05, 0) is 39.8 Å². The molecule has 0 radical (unpaired) electrons. The lowest BCUT2D eigenvalue weighted by atomic mass is 9.98. The largest absolute Gasteiger partial charge is 0.340 e. The lowest BCUT2D eigenvalue weighted by Gasteiger charge is -2.35. The molecule has 6 nitrogen and oxygen atoms in total. The lowest BCUT2D eigenvalue weighted by molar-refractivity contribution is -0.132. The van der Waals surface area contributed by atoms with E-state index in [2.05, 4.69) is 11.9 Å². The molecular formula is C15H29N3O3S. The molecule has 2 saturated heterocycles. The van der Waals surface area contributed by atoms with E-state index in [0.717, 1.165) is 13.0 Å². The molecule has 1 amide bonds. The third-order valence-electron chi connectivity index (χ3n) is 4.96. The molecule has 22 heavy (non-hydrogen) atoms. The Kier molecular flexibility index (Phi) is 6.23. The van der Waals surface area contributed by atoms with Crippen molar-refractivity contribution in [2.75, 3.05) is 45.5 Å². The molecule has 7 heteroatoms. The van der Waals surface area contributed by atoms with E-state index in [4.69, 9.17) is 0 Å². The molecule has 0 unspecified atom stereocenters.